The molecular formula is C25H24FN3O2. The standard InChI is InChI=1S/C25H24FN3O2/c26-21-6-3-5-19(16-21)23(30)29-14-10-25(11-15-29,24(27)31)17-20-4-1-2-7-22(20)18-8-12-28-13-9-18/h1-9,12-13,16H,10-11,14-15,17H2,(H2,27,31). The number of carbonyl (C=O) groups is 2. The zero-order chi connectivity index (χ0) is 21.8. The lowest BCUT2D eigenvalue weighted by Gasteiger charge is -2.40. The third kappa shape index (κ3) is 4.33. The first-order valence-electron chi connectivity index (χ1n) is 10.3. The SMILES string of the molecule is NC(=O)C1(Cc2ccccc2-c2ccncc2)CCN(C(=O)c2cccc(F)c2)CC1. The second-order valence-corrected chi connectivity index (χ2v) is 8.02. The normalized spacial score (nSPS) is 15.5. The van der Waals surface area contributed by atoms with Crippen LogP contribution in [-0.2, 0) is 11.2 Å². The topological polar surface area (TPSA) is 76.3 Å². The first-order chi connectivity index (χ1) is 15.0. The number of likely N-dealkylation sites (tertiary alicyclic amines) is 1. The number of hydrogen-bond acceptors (Lipinski definition) is 3. The number of pyridine rings is 1. The minimum atomic E-state index is -0.734. The summed E-state index contributed by atoms with van der Waals surface area (Å²) in [6, 6.07) is 17.5. The van der Waals surface area contributed by atoms with Gasteiger partial charge in [0.2, 0.25) is 5.91 Å². The Bertz CT molecular complexity index is 1090. The first kappa shape index (κ1) is 20.7. The molecule has 2 aromatic carbocycles. The highest BCUT2D eigenvalue weighted by molar-refractivity contribution is 5.94. The average Bonchev–Trinajstić information content (AvgIpc) is 2.80. The molecule has 0 atom stereocenters. The molecule has 1 aliphatic rings. The predicted octanol–water partition coefficient (Wildman–Crippen LogP) is 3.84. The molecule has 0 spiro atoms. The van der Waals surface area contributed by atoms with Gasteiger partial charge in [0.1, 0.15) is 5.82 Å². The molecule has 4 rings (SSSR count). The maximum absolute atomic E-state index is 13.5. The van der Waals surface area contributed by atoms with Crippen molar-refractivity contribution in [2.75, 3.05) is 13.1 Å². The van der Waals surface area contributed by atoms with Crippen molar-refractivity contribution < 1.29 is 14.0 Å². The van der Waals surface area contributed by atoms with Crippen LogP contribution in [0.3, 0.4) is 0 Å². The van der Waals surface area contributed by atoms with Crippen LogP contribution < -0.4 is 5.73 Å². The van der Waals surface area contributed by atoms with E-state index in [0.717, 1.165) is 16.7 Å². The van der Waals surface area contributed by atoms with E-state index in [9.17, 15) is 14.0 Å². The van der Waals surface area contributed by atoms with Crippen LogP contribution in [0.5, 0.6) is 0 Å². The maximum atomic E-state index is 13.5. The van der Waals surface area contributed by atoms with Crippen molar-refractivity contribution >= 4 is 11.8 Å². The summed E-state index contributed by atoms with van der Waals surface area (Å²) < 4.78 is 13.5. The van der Waals surface area contributed by atoms with Crippen molar-refractivity contribution in [2.45, 2.75) is 19.3 Å². The van der Waals surface area contributed by atoms with Crippen molar-refractivity contribution in [3.63, 3.8) is 0 Å². The van der Waals surface area contributed by atoms with Crippen LogP contribution in [0.25, 0.3) is 11.1 Å². The Labute approximate surface area is 180 Å². The fraction of sp³-hybridized carbons (Fsp3) is 0.240. The molecule has 0 unspecified atom stereocenters. The quantitative estimate of drug-likeness (QED) is 0.685. The Balaban J connectivity index is 1.55. The third-order valence-corrected chi connectivity index (χ3v) is 6.14. The molecule has 2 amide bonds. The van der Waals surface area contributed by atoms with Crippen LogP contribution in [0, 0.1) is 11.2 Å². The molecule has 1 fully saturated rings. The molecular weight excluding hydrogens is 393 g/mol. The lowest BCUT2D eigenvalue weighted by Crippen LogP contribution is -2.50. The van der Waals surface area contributed by atoms with Gasteiger partial charge in [-0.3, -0.25) is 14.6 Å². The molecule has 3 aromatic rings. The fourth-order valence-corrected chi connectivity index (χ4v) is 4.30. The minimum Gasteiger partial charge on any atom is -0.369 e. The van der Waals surface area contributed by atoms with E-state index in [-0.39, 0.29) is 11.8 Å². The molecule has 0 aliphatic carbocycles. The predicted molar refractivity (Wildman–Crippen MR) is 117 cm³/mol. The van der Waals surface area contributed by atoms with Gasteiger partial charge >= 0.3 is 0 Å². The zero-order valence-corrected chi connectivity index (χ0v) is 17.1. The van der Waals surface area contributed by atoms with Gasteiger partial charge in [-0.2, -0.15) is 0 Å². The van der Waals surface area contributed by atoms with Crippen molar-refractivity contribution in [1.29, 1.82) is 0 Å². The van der Waals surface area contributed by atoms with E-state index >= 15 is 0 Å². The number of rotatable bonds is 5. The summed E-state index contributed by atoms with van der Waals surface area (Å²) in [5.41, 5.74) is 8.59. The molecule has 1 aliphatic heterocycles. The largest absolute Gasteiger partial charge is 0.369 e. The van der Waals surface area contributed by atoms with E-state index < -0.39 is 11.2 Å². The van der Waals surface area contributed by atoms with E-state index in [4.69, 9.17) is 5.73 Å². The summed E-state index contributed by atoms with van der Waals surface area (Å²) in [7, 11) is 0. The second-order valence-electron chi connectivity index (χ2n) is 8.02. The Kier molecular flexibility index (Phi) is 5.80. The fourth-order valence-electron chi connectivity index (χ4n) is 4.30. The van der Waals surface area contributed by atoms with Crippen LogP contribution in [0.15, 0.2) is 73.1 Å². The summed E-state index contributed by atoms with van der Waals surface area (Å²) in [6.45, 7) is 0.797. The summed E-state index contributed by atoms with van der Waals surface area (Å²) >= 11 is 0. The van der Waals surface area contributed by atoms with E-state index in [1.54, 1.807) is 23.4 Å². The maximum Gasteiger partial charge on any atom is 0.253 e. The molecule has 31 heavy (non-hydrogen) atoms. The van der Waals surface area contributed by atoms with E-state index in [1.165, 1.54) is 18.2 Å². The number of nitrogens with zero attached hydrogens (tertiary/aromatic N) is 2. The molecule has 0 bridgehead atoms. The number of hydrogen-bond donors (Lipinski definition) is 1. The smallest absolute Gasteiger partial charge is 0.253 e. The van der Waals surface area contributed by atoms with Crippen molar-refractivity contribution in [1.82, 2.24) is 9.88 Å². The summed E-state index contributed by atoms with van der Waals surface area (Å²) in [5.74, 6) is -1.02. The van der Waals surface area contributed by atoms with Gasteiger partial charge in [0.05, 0.1) is 5.41 Å². The number of halogens is 1. The van der Waals surface area contributed by atoms with Gasteiger partial charge < -0.3 is 10.6 Å². The van der Waals surface area contributed by atoms with Crippen LogP contribution in [0.2, 0.25) is 0 Å². The van der Waals surface area contributed by atoms with E-state index in [0.29, 0.717) is 37.9 Å². The number of piperidine rings is 1. The molecule has 1 saturated heterocycles. The Morgan fingerprint density at radius 3 is 2.39 bits per heavy atom. The molecule has 2 N–H and O–H groups in total. The molecule has 6 heteroatoms. The highest BCUT2D eigenvalue weighted by Crippen LogP contribution is 2.38. The number of aromatic nitrogens is 1. The van der Waals surface area contributed by atoms with Crippen LogP contribution in [-0.4, -0.2) is 34.8 Å². The van der Waals surface area contributed by atoms with Gasteiger partial charge in [0.25, 0.3) is 5.91 Å². The van der Waals surface area contributed by atoms with Gasteiger partial charge in [0.15, 0.2) is 0 Å². The first-order valence-corrected chi connectivity index (χ1v) is 10.3. The second kappa shape index (κ2) is 8.68. The number of primary amides is 1. The van der Waals surface area contributed by atoms with Crippen molar-refractivity contribution in [3.05, 3.63) is 90.0 Å². The molecule has 0 radical (unpaired) electrons. The summed E-state index contributed by atoms with van der Waals surface area (Å²) in [4.78, 5) is 31.1. The Morgan fingerprint density at radius 2 is 1.71 bits per heavy atom. The Hall–Kier alpha value is -3.54. The number of amides is 2. The Morgan fingerprint density at radius 1 is 1.00 bits per heavy atom. The molecule has 1 aromatic heterocycles. The number of nitrogens with two attached hydrogens (primary N) is 1. The van der Waals surface area contributed by atoms with Crippen molar-refractivity contribution in [2.24, 2.45) is 11.1 Å². The third-order valence-electron chi connectivity index (χ3n) is 6.14. The summed E-state index contributed by atoms with van der Waals surface area (Å²) in [6.07, 6.45) is 4.92. The van der Waals surface area contributed by atoms with E-state index in [2.05, 4.69) is 4.98 Å². The van der Waals surface area contributed by atoms with Gasteiger partial charge in [-0.05, 0) is 66.3 Å². The minimum absolute atomic E-state index is 0.227. The monoisotopic (exact) mass is 417 g/mol. The van der Waals surface area contributed by atoms with Crippen molar-refractivity contribution in [3.8, 4) is 11.1 Å². The van der Waals surface area contributed by atoms with Gasteiger partial charge in [-0.15, -0.1) is 0 Å². The molecule has 5 nitrogen and oxygen atoms in total. The number of benzene rings is 2. The van der Waals surface area contributed by atoms with E-state index in [1.807, 2.05) is 36.4 Å². The lowest BCUT2D eigenvalue weighted by molar-refractivity contribution is -0.130. The van der Waals surface area contributed by atoms with Crippen LogP contribution in [0.1, 0.15) is 28.8 Å². The van der Waals surface area contributed by atoms with Crippen LogP contribution in [0.4, 0.5) is 4.39 Å². The van der Waals surface area contributed by atoms with Gasteiger partial charge in [0, 0.05) is 31.0 Å². The average molecular weight is 417 g/mol. The molecule has 0 saturated carbocycles. The highest BCUT2D eigenvalue weighted by atomic mass is 19.1. The molecule has 2 heterocycles. The molecule has 158 valence electrons. The number of carbonyl (C=O) groups excluding carboxylic acids is 2. The van der Waals surface area contributed by atoms with Crippen LogP contribution >= 0.6 is 0 Å². The van der Waals surface area contributed by atoms with Gasteiger partial charge in [-0.1, -0.05) is 30.3 Å². The summed E-state index contributed by atoms with van der Waals surface area (Å²) in [5, 5.41) is 0. The lowest BCUT2D eigenvalue weighted by atomic mass is 9.72. The zero-order valence-electron chi connectivity index (χ0n) is 17.1. The highest BCUT2D eigenvalue weighted by Gasteiger charge is 2.41. The van der Waals surface area contributed by atoms with Gasteiger partial charge in [-0.25, -0.2) is 4.39 Å².